The third kappa shape index (κ3) is 5.53. The first-order valence-corrected chi connectivity index (χ1v) is 7.24. The number of ether oxygens (including phenoxy) is 2. The second kappa shape index (κ2) is 9.10. The molecule has 0 unspecified atom stereocenters. The van der Waals surface area contributed by atoms with Gasteiger partial charge in [0.05, 0.1) is 13.2 Å². The molecule has 1 atom stereocenters. The maximum Gasteiger partial charge on any atom is 0.325 e. The fourth-order valence-corrected chi connectivity index (χ4v) is 1.94. The Morgan fingerprint density at radius 3 is 2.48 bits per heavy atom. The average Bonchev–Trinajstić information content (AvgIpc) is 2.65. The van der Waals surface area contributed by atoms with Crippen LogP contribution in [0, 0.1) is 5.92 Å². The summed E-state index contributed by atoms with van der Waals surface area (Å²) < 4.78 is 9.66. The minimum atomic E-state index is -1.22. The molecule has 1 heterocycles. The van der Waals surface area contributed by atoms with Crippen LogP contribution in [0.3, 0.4) is 0 Å². The van der Waals surface area contributed by atoms with Gasteiger partial charge in [-0.3, -0.25) is 19.4 Å². The molecule has 1 aliphatic heterocycles. The van der Waals surface area contributed by atoms with Gasteiger partial charge in [0.1, 0.15) is 6.04 Å². The Bertz CT molecular complexity index is 390. The molecule has 1 N–H and O–H groups in total. The van der Waals surface area contributed by atoms with Crippen molar-refractivity contribution < 1.29 is 23.9 Å². The fourth-order valence-electron chi connectivity index (χ4n) is 1.94. The van der Waals surface area contributed by atoms with Gasteiger partial charge >= 0.3 is 11.9 Å². The van der Waals surface area contributed by atoms with Crippen molar-refractivity contribution >= 4 is 24.1 Å². The zero-order valence-corrected chi connectivity index (χ0v) is 12.5. The topological polar surface area (TPSA) is 94.1 Å². The molecule has 0 saturated carbocycles. The zero-order chi connectivity index (χ0) is 15.7. The van der Waals surface area contributed by atoms with E-state index < -0.39 is 23.9 Å². The number of hydrogen-bond donors (Lipinski definition) is 1. The Balaban J connectivity index is 2.78. The standard InChI is InChI=1S/C14H22N2O5/c1-3-20-13(18)10(14(19)21-4-2)9-16-11-7-5-6-8-15-12(11)17/h9-11H,3-8H2,1-2H3,(H,15,17)/t11-/m1/s1. The highest BCUT2D eigenvalue weighted by Crippen LogP contribution is 2.10. The van der Waals surface area contributed by atoms with Crippen LogP contribution in [0.2, 0.25) is 0 Å². The summed E-state index contributed by atoms with van der Waals surface area (Å²) in [7, 11) is 0. The maximum absolute atomic E-state index is 11.8. The van der Waals surface area contributed by atoms with E-state index in [1.54, 1.807) is 13.8 Å². The zero-order valence-electron chi connectivity index (χ0n) is 12.5. The molecule has 1 aliphatic rings. The van der Waals surface area contributed by atoms with Crippen molar-refractivity contribution in [1.29, 1.82) is 0 Å². The Kier molecular flexibility index (Phi) is 7.42. The summed E-state index contributed by atoms with van der Waals surface area (Å²) in [6.45, 7) is 4.25. The molecule has 0 aromatic rings. The van der Waals surface area contributed by atoms with Gasteiger partial charge in [-0.15, -0.1) is 0 Å². The molecule has 1 rings (SSSR count). The van der Waals surface area contributed by atoms with Gasteiger partial charge in [0.25, 0.3) is 0 Å². The summed E-state index contributed by atoms with van der Waals surface area (Å²) in [5.74, 6) is -2.83. The summed E-state index contributed by atoms with van der Waals surface area (Å²) in [6, 6.07) is -0.571. The van der Waals surface area contributed by atoms with E-state index in [2.05, 4.69) is 10.3 Å². The second-order valence-corrected chi connectivity index (χ2v) is 4.58. The first-order valence-electron chi connectivity index (χ1n) is 7.24. The molecule has 0 radical (unpaired) electrons. The molecular weight excluding hydrogens is 276 g/mol. The number of carbonyl (C=O) groups is 3. The molecular formula is C14H22N2O5. The minimum absolute atomic E-state index is 0.159. The van der Waals surface area contributed by atoms with Gasteiger partial charge in [-0.1, -0.05) is 0 Å². The molecule has 1 amide bonds. The molecule has 1 fully saturated rings. The van der Waals surface area contributed by atoms with Crippen LogP contribution in [-0.2, 0) is 23.9 Å². The Labute approximate surface area is 124 Å². The first kappa shape index (κ1) is 17.1. The van der Waals surface area contributed by atoms with Gasteiger partial charge < -0.3 is 14.8 Å². The van der Waals surface area contributed by atoms with E-state index >= 15 is 0 Å². The normalized spacial score (nSPS) is 19.2. The predicted octanol–water partition coefficient (Wildman–Crippen LogP) is 0.468. The van der Waals surface area contributed by atoms with Gasteiger partial charge in [0.15, 0.2) is 5.92 Å². The number of nitrogens with zero attached hydrogens (tertiary/aromatic N) is 1. The predicted molar refractivity (Wildman–Crippen MR) is 75.9 cm³/mol. The summed E-state index contributed by atoms with van der Waals surface area (Å²) in [6.07, 6.45) is 3.54. The molecule has 0 spiro atoms. The molecule has 7 heteroatoms. The van der Waals surface area contributed by atoms with Crippen molar-refractivity contribution in [3.05, 3.63) is 0 Å². The van der Waals surface area contributed by atoms with Gasteiger partial charge in [-0.05, 0) is 33.1 Å². The van der Waals surface area contributed by atoms with Gasteiger partial charge in [-0.25, -0.2) is 0 Å². The number of aliphatic imine (C=N–C) groups is 1. The van der Waals surface area contributed by atoms with E-state index in [0.717, 1.165) is 12.8 Å². The van der Waals surface area contributed by atoms with Crippen LogP contribution in [0.5, 0.6) is 0 Å². The highest BCUT2D eigenvalue weighted by Gasteiger charge is 2.29. The minimum Gasteiger partial charge on any atom is -0.465 e. The molecule has 1 saturated heterocycles. The van der Waals surface area contributed by atoms with E-state index in [-0.39, 0.29) is 19.1 Å². The summed E-state index contributed by atoms with van der Waals surface area (Å²) in [4.78, 5) is 39.4. The fraction of sp³-hybridized carbons (Fsp3) is 0.714. The second-order valence-electron chi connectivity index (χ2n) is 4.58. The molecule has 7 nitrogen and oxygen atoms in total. The third-order valence-corrected chi connectivity index (χ3v) is 3.00. The van der Waals surface area contributed by atoms with Crippen LogP contribution in [0.25, 0.3) is 0 Å². The Hall–Kier alpha value is -1.92. The van der Waals surface area contributed by atoms with Crippen molar-refractivity contribution in [2.45, 2.75) is 39.2 Å². The largest absolute Gasteiger partial charge is 0.465 e. The summed E-state index contributed by atoms with van der Waals surface area (Å²) >= 11 is 0. The molecule has 118 valence electrons. The molecule has 0 aromatic heterocycles. The quantitative estimate of drug-likeness (QED) is 0.437. The lowest BCUT2D eigenvalue weighted by Gasteiger charge is -2.12. The van der Waals surface area contributed by atoms with E-state index in [1.807, 2.05) is 0 Å². The van der Waals surface area contributed by atoms with E-state index in [1.165, 1.54) is 6.21 Å². The summed E-state index contributed by atoms with van der Waals surface area (Å²) in [5.41, 5.74) is 0. The molecule has 0 aliphatic carbocycles. The molecule has 21 heavy (non-hydrogen) atoms. The smallest absolute Gasteiger partial charge is 0.325 e. The van der Waals surface area contributed by atoms with Crippen LogP contribution < -0.4 is 5.32 Å². The number of hydrogen-bond acceptors (Lipinski definition) is 6. The van der Waals surface area contributed by atoms with Crippen LogP contribution in [-0.4, -0.2) is 49.9 Å². The van der Waals surface area contributed by atoms with E-state index in [4.69, 9.17) is 9.47 Å². The molecule has 0 bridgehead atoms. The molecule has 0 aromatic carbocycles. The van der Waals surface area contributed by atoms with Gasteiger partial charge in [0, 0.05) is 12.8 Å². The highest BCUT2D eigenvalue weighted by atomic mass is 16.6. The van der Waals surface area contributed by atoms with E-state index in [0.29, 0.717) is 13.0 Å². The lowest BCUT2D eigenvalue weighted by molar-refractivity contribution is -0.157. The SMILES string of the molecule is CCOC(=O)C(C=N[C@@H]1CCCCNC1=O)C(=O)OCC. The van der Waals surface area contributed by atoms with Crippen LogP contribution >= 0.6 is 0 Å². The lowest BCUT2D eigenvalue weighted by Crippen LogP contribution is -2.33. The van der Waals surface area contributed by atoms with E-state index in [9.17, 15) is 14.4 Å². The highest BCUT2D eigenvalue weighted by molar-refractivity contribution is 6.09. The summed E-state index contributed by atoms with van der Waals surface area (Å²) in [5, 5.41) is 2.74. The number of rotatable bonds is 6. The Morgan fingerprint density at radius 1 is 1.29 bits per heavy atom. The lowest BCUT2D eigenvalue weighted by atomic mass is 10.1. The average molecular weight is 298 g/mol. The van der Waals surface area contributed by atoms with Crippen LogP contribution in [0.1, 0.15) is 33.1 Å². The van der Waals surface area contributed by atoms with Crippen molar-refractivity contribution in [3.8, 4) is 0 Å². The number of esters is 2. The van der Waals surface area contributed by atoms with Crippen molar-refractivity contribution in [1.82, 2.24) is 5.32 Å². The van der Waals surface area contributed by atoms with Crippen LogP contribution in [0.15, 0.2) is 4.99 Å². The number of amides is 1. The Morgan fingerprint density at radius 2 is 1.90 bits per heavy atom. The third-order valence-electron chi connectivity index (χ3n) is 3.00. The van der Waals surface area contributed by atoms with Gasteiger partial charge in [0.2, 0.25) is 5.91 Å². The maximum atomic E-state index is 11.8. The van der Waals surface area contributed by atoms with Crippen LogP contribution in [0.4, 0.5) is 0 Å². The van der Waals surface area contributed by atoms with Crippen molar-refractivity contribution in [3.63, 3.8) is 0 Å². The monoisotopic (exact) mass is 298 g/mol. The van der Waals surface area contributed by atoms with Crippen molar-refractivity contribution in [2.24, 2.45) is 10.9 Å². The van der Waals surface area contributed by atoms with Crippen molar-refractivity contribution in [2.75, 3.05) is 19.8 Å². The number of nitrogens with one attached hydrogen (secondary N) is 1. The number of carbonyl (C=O) groups excluding carboxylic acids is 3. The van der Waals surface area contributed by atoms with Gasteiger partial charge in [-0.2, -0.15) is 0 Å². The first-order chi connectivity index (χ1) is 10.1.